The highest BCUT2D eigenvalue weighted by Gasteiger charge is 2.06. The molecule has 0 atom stereocenters. The Morgan fingerprint density at radius 2 is 1.68 bits per heavy atom. The number of rotatable bonds is 2. The van der Waals surface area contributed by atoms with Gasteiger partial charge in [0.05, 0.1) is 11.1 Å². The Labute approximate surface area is 110 Å². The topological polar surface area (TPSA) is 50.2 Å². The van der Waals surface area contributed by atoms with Crippen LogP contribution in [-0.4, -0.2) is 16.1 Å². The quantitative estimate of drug-likeness (QED) is 0.754. The van der Waals surface area contributed by atoms with Crippen LogP contribution < -0.4 is 0 Å². The van der Waals surface area contributed by atoms with Crippen LogP contribution >= 0.6 is 0 Å². The van der Waals surface area contributed by atoms with Gasteiger partial charge in [0.15, 0.2) is 0 Å². The van der Waals surface area contributed by atoms with Crippen molar-refractivity contribution in [1.29, 1.82) is 0 Å². The Balaban J connectivity index is 2.16. The zero-order chi connectivity index (χ0) is 13.2. The number of hydrogen-bond acceptors (Lipinski definition) is 2. The zero-order valence-corrected chi connectivity index (χ0v) is 10.1. The van der Waals surface area contributed by atoms with E-state index in [0.717, 1.165) is 22.0 Å². The van der Waals surface area contributed by atoms with Crippen LogP contribution in [0.4, 0.5) is 0 Å². The summed E-state index contributed by atoms with van der Waals surface area (Å²) in [4.78, 5) is 15.2. The fourth-order valence-corrected chi connectivity index (χ4v) is 2.13. The van der Waals surface area contributed by atoms with Gasteiger partial charge in [-0.15, -0.1) is 0 Å². The van der Waals surface area contributed by atoms with Crippen LogP contribution in [0.25, 0.3) is 22.0 Å². The molecule has 0 bridgehead atoms. The number of hydrogen-bond donors (Lipinski definition) is 1. The van der Waals surface area contributed by atoms with E-state index in [1.165, 1.54) is 0 Å². The van der Waals surface area contributed by atoms with Gasteiger partial charge in [-0.3, -0.25) is 4.98 Å². The van der Waals surface area contributed by atoms with Crippen LogP contribution in [0, 0.1) is 0 Å². The van der Waals surface area contributed by atoms with E-state index in [1.807, 2.05) is 42.5 Å². The van der Waals surface area contributed by atoms with Crippen molar-refractivity contribution in [2.24, 2.45) is 0 Å². The predicted molar refractivity (Wildman–Crippen MR) is 74.1 cm³/mol. The van der Waals surface area contributed by atoms with Gasteiger partial charge in [0.25, 0.3) is 0 Å². The second kappa shape index (κ2) is 4.53. The molecule has 1 heterocycles. The van der Waals surface area contributed by atoms with Crippen LogP contribution in [0.2, 0.25) is 0 Å². The number of carboxylic acid groups (broad SMARTS) is 1. The first-order valence-corrected chi connectivity index (χ1v) is 5.93. The monoisotopic (exact) mass is 249 g/mol. The normalized spacial score (nSPS) is 10.5. The minimum Gasteiger partial charge on any atom is -0.478 e. The molecule has 0 amide bonds. The van der Waals surface area contributed by atoms with E-state index in [0.29, 0.717) is 0 Å². The third kappa shape index (κ3) is 2.06. The van der Waals surface area contributed by atoms with Crippen molar-refractivity contribution in [1.82, 2.24) is 4.98 Å². The summed E-state index contributed by atoms with van der Waals surface area (Å²) in [5, 5.41) is 9.98. The SMILES string of the molecule is O=C(O)c1ccc(-c2cccc3cccnc23)cc1. The van der Waals surface area contributed by atoms with Crippen LogP contribution in [-0.2, 0) is 0 Å². The lowest BCUT2D eigenvalue weighted by Gasteiger charge is -2.06. The number of aromatic nitrogens is 1. The molecule has 3 nitrogen and oxygen atoms in total. The van der Waals surface area contributed by atoms with Crippen molar-refractivity contribution in [3.8, 4) is 11.1 Å². The summed E-state index contributed by atoms with van der Waals surface area (Å²) < 4.78 is 0. The van der Waals surface area contributed by atoms with Crippen molar-refractivity contribution >= 4 is 16.9 Å². The average molecular weight is 249 g/mol. The summed E-state index contributed by atoms with van der Waals surface area (Å²) in [5.74, 6) is -0.914. The van der Waals surface area contributed by atoms with E-state index in [4.69, 9.17) is 5.11 Å². The number of fused-ring (bicyclic) bond motifs is 1. The predicted octanol–water partition coefficient (Wildman–Crippen LogP) is 3.60. The molecule has 0 saturated carbocycles. The molecular weight excluding hydrogens is 238 g/mol. The molecule has 0 spiro atoms. The molecule has 0 aliphatic heterocycles. The first-order chi connectivity index (χ1) is 9.25. The number of carboxylic acids is 1. The molecule has 0 radical (unpaired) electrons. The number of carbonyl (C=O) groups is 1. The molecule has 3 rings (SSSR count). The lowest BCUT2D eigenvalue weighted by molar-refractivity contribution is 0.0697. The van der Waals surface area contributed by atoms with Gasteiger partial charge < -0.3 is 5.11 Å². The van der Waals surface area contributed by atoms with Gasteiger partial charge in [0, 0.05) is 17.1 Å². The molecule has 1 N–H and O–H groups in total. The maximum atomic E-state index is 10.8. The van der Waals surface area contributed by atoms with E-state index in [2.05, 4.69) is 4.98 Å². The van der Waals surface area contributed by atoms with E-state index in [9.17, 15) is 4.79 Å². The molecule has 92 valence electrons. The second-order valence-corrected chi connectivity index (χ2v) is 4.26. The third-order valence-corrected chi connectivity index (χ3v) is 3.08. The fourth-order valence-electron chi connectivity index (χ4n) is 2.13. The molecule has 1 aromatic heterocycles. The van der Waals surface area contributed by atoms with Crippen molar-refractivity contribution in [2.75, 3.05) is 0 Å². The van der Waals surface area contributed by atoms with E-state index in [1.54, 1.807) is 18.3 Å². The first kappa shape index (κ1) is 11.4. The Bertz CT molecular complexity index is 743. The number of para-hydroxylation sites is 1. The Hall–Kier alpha value is -2.68. The standard InChI is InChI=1S/C16H11NO2/c18-16(19)13-8-6-11(7-9-13)14-5-1-3-12-4-2-10-17-15(12)14/h1-10H,(H,18,19). The molecule has 0 saturated heterocycles. The summed E-state index contributed by atoms with van der Waals surface area (Å²) in [6.45, 7) is 0. The van der Waals surface area contributed by atoms with Crippen LogP contribution in [0.5, 0.6) is 0 Å². The summed E-state index contributed by atoms with van der Waals surface area (Å²) in [5.41, 5.74) is 3.19. The maximum Gasteiger partial charge on any atom is 0.335 e. The average Bonchev–Trinajstić information content (AvgIpc) is 2.47. The Kier molecular flexibility index (Phi) is 2.72. The molecule has 0 fully saturated rings. The summed E-state index contributed by atoms with van der Waals surface area (Å²) in [6, 6.07) is 16.7. The molecule has 19 heavy (non-hydrogen) atoms. The highest BCUT2D eigenvalue weighted by Crippen LogP contribution is 2.27. The Morgan fingerprint density at radius 3 is 2.42 bits per heavy atom. The smallest absolute Gasteiger partial charge is 0.335 e. The molecule has 0 aliphatic rings. The summed E-state index contributed by atoms with van der Waals surface area (Å²) >= 11 is 0. The van der Waals surface area contributed by atoms with E-state index < -0.39 is 5.97 Å². The highest BCUT2D eigenvalue weighted by molar-refractivity contribution is 5.94. The zero-order valence-electron chi connectivity index (χ0n) is 10.1. The van der Waals surface area contributed by atoms with Crippen molar-refractivity contribution in [3.05, 3.63) is 66.4 Å². The van der Waals surface area contributed by atoms with Gasteiger partial charge >= 0.3 is 5.97 Å². The van der Waals surface area contributed by atoms with Gasteiger partial charge in [-0.1, -0.05) is 36.4 Å². The maximum absolute atomic E-state index is 10.8. The van der Waals surface area contributed by atoms with Crippen molar-refractivity contribution in [2.45, 2.75) is 0 Å². The lowest BCUT2D eigenvalue weighted by atomic mass is 10.0. The van der Waals surface area contributed by atoms with Crippen LogP contribution in [0.15, 0.2) is 60.8 Å². The van der Waals surface area contributed by atoms with Crippen molar-refractivity contribution in [3.63, 3.8) is 0 Å². The van der Waals surface area contributed by atoms with E-state index in [-0.39, 0.29) is 5.56 Å². The number of aromatic carboxylic acids is 1. The fraction of sp³-hybridized carbons (Fsp3) is 0. The summed E-state index contributed by atoms with van der Waals surface area (Å²) in [7, 11) is 0. The number of nitrogens with zero attached hydrogens (tertiary/aromatic N) is 1. The van der Waals surface area contributed by atoms with Crippen LogP contribution in [0.1, 0.15) is 10.4 Å². The highest BCUT2D eigenvalue weighted by atomic mass is 16.4. The first-order valence-electron chi connectivity index (χ1n) is 5.93. The second-order valence-electron chi connectivity index (χ2n) is 4.26. The molecule has 0 unspecified atom stereocenters. The molecule has 2 aromatic carbocycles. The number of benzene rings is 2. The Morgan fingerprint density at radius 1 is 0.947 bits per heavy atom. The van der Waals surface area contributed by atoms with Gasteiger partial charge in [-0.05, 0) is 23.8 Å². The lowest BCUT2D eigenvalue weighted by Crippen LogP contribution is -1.95. The van der Waals surface area contributed by atoms with Gasteiger partial charge in [0.1, 0.15) is 0 Å². The molecular formula is C16H11NO2. The molecule has 0 aliphatic carbocycles. The van der Waals surface area contributed by atoms with Gasteiger partial charge in [-0.25, -0.2) is 4.79 Å². The number of pyridine rings is 1. The van der Waals surface area contributed by atoms with Gasteiger partial charge in [-0.2, -0.15) is 0 Å². The van der Waals surface area contributed by atoms with E-state index >= 15 is 0 Å². The van der Waals surface area contributed by atoms with Gasteiger partial charge in [0.2, 0.25) is 0 Å². The minimum absolute atomic E-state index is 0.289. The summed E-state index contributed by atoms with van der Waals surface area (Å²) in [6.07, 6.45) is 1.76. The van der Waals surface area contributed by atoms with Crippen molar-refractivity contribution < 1.29 is 9.90 Å². The third-order valence-electron chi connectivity index (χ3n) is 3.08. The largest absolute Gasteiger partial charge is 0.478 e. The van der Waals surface area contributed by atoms with Crippen LogP contribution in [0.3, 0.4) is 0 Å². The minimum atomic E-state index is -0.914. The molecule has 3 heteroatoms. The molecule has 3 aromatic rings.